The van der Waals surface area contributed by atoms with E-state index in [-0.39, 0.29) is 5.91 Å². The summed E-state index contributed by atoms with van der Waals surface area (Å²) in [6.07, 6.45) is 3.23. The van der Waals surface area contributed by atoms with Crippen LogP contribution in [0.25, 0.3) is 0 Å². The lowest BCUT2D eigenvalue weighted by atomic mass is 9.94. The molecule has 1 unspecified atom stereocenters. The van der Waals surface area contributed by atoms with Crippen LogP contribution in [0.2, 0.25) is 0 Å². The number of hydrogen-bond acceptors (Lipinski definition) is 3. The minimum Gasteiger partial charge on any atom is -0.481 e. The first-order valence-corrected chi connectivity index (χ1v) is 6.35. The highest BCUT2D eigenvalue weighted by Gasteiger charge is 2.43. The summed E-state index contributed by atoms with van der Waals surface area (Å²) in [7, 11) is 0. The number of carboxylic acid groups (broad SMARTS) is 1. The maximum atomic E-state index is 12.3. The van der Waals surface area contributed by atoms with Gasteiger partial charge in [0.2, 0.25) is 11.8 Å². The lowest BCUT2D eigenvalue weighted by Gasteiger charge is -2.27. The zero-order valence-electron chi connectivity index (χ0n) is 10.2. The molecule has 2 aliphatic rings. The Bertz CT molecular complexity index is 348. The Morgan fingerprint density at radius 2 is 1.72 bits per heavy atom. The highest BCUT2D eigenvalue weighted by molar-refractivity contribution is 5.90. The Balaban J connectivity index is 2.11. The zero-order chi connectivity index (χ0) is 13.3. The van der Waals surface area contributed by atoms with E-state index in [1.165, 1.54) is 4.90 Å². The van der Waals surface area contributed by atoms with Crippen LogP contribution >= 0.6 is 0 Å². The second-order valence-corrected chi connectivity index (χ2v) is 5.07. The Morgan fingerprint density at radius 3 is 2.33 bits per heavy atom. The summed E-state index contributed by atoms with van der Waals surface area (Å²) in [6.45, 7) is 0.509. The molecule has 2 fully saturated rings. The standard InChI is InChI=1S/C12H18N2O4/c13-10(15)9-5-2-6-14(9)11(16)7-3-1-4-8(7)12(17)18/h7-9H,1-6H2,(H2,13,15)(H,17,18)/t7-,8+,9?/m1/s1. The van der Waals surface area contributed by atoms with Gasteiger partial charge in [-0.3, -0.25) is 14.4 Å². The van der Waals surface area contributed by atoms with Gasteiger partial charge in [0.05, 0.1) is 11.8 Å². The molecular weight excluding hydrogens is 236 g/mol. The fraction of sp³-hybridized carbons (Fsp3) is 0.750. The van der Waals surface area contributed by atoms with Crippen LogP contribution in [-0.4, -0.2) is 40.4 Å². The predicted molar refractivity (Wildman–Crippen MR) is 62.4 cm³/mol. The molecule has 1 aliphatic heterocycles. The SMILES string of the molecule is NC(=O)C1CCCN1C(=O)[C@@H]1CCC[C@@H]1C(=O)O. The minimum absolute atomic E-state index is 0.207. The molecule has 2 amide bonds. The molecule has 0 aromatic carbocycles. The van der Waals surface area contributed by atoms with Crippen LogP contribution < -0.4 is 5.73 Å². The molecule has 2 rings (SSSR count). The van der Waals surface area contributed by atoms with Crippen molar-refractivity contribution in [3.05, 3.63) is 0 Å². The first-order valence-electron chi connectivity index (χ1n) is 6.35. The number of amides is 2. The van der Waals surface area contributed by atoms with Crippen molar-refractivity contribution in [3.8, 4) is 0 Å². The third kappa shape index (κ3) is 2.19. The normalized spacial score (nSPS) is 31.6. The van der Waals surface area contributed by atoms with E-state index < -0.39 is 29.8 Å². The average Bonchev–Trinajstić information content (AvgIpc) is 2.97. The Kier molecular flexibility index (Phi) is 3.54. The molecule has 0 aromatic rings. The quantitative estimate of drug-likeness (QED) is 0.738. The van der Waals surface area contributed by atoms with Crippen LogP contribution in [0, 0.1) is 11.8 Å². The second-order valence-electron chi connectivity index (χ2n) is 5.07. The molecule has 1 heterocycles. The Hall–Kier alpha value is -1.59. The molecule has 100 valence electrons. The monoisotopic (exact) mass is 254 g/mol. The van der Waals surface area contributed by atoms with Crippen molar-refractivity contribution in [1.29, 1.82) is 0 Å². The highest BCUT2D eigenvalue weighted by atomic mass is 16.4. The van der Waals surface area contributed by atoms with Gasteiger partial charge in [0.25, 0.3) is 0 Å². The van der Waals surface area contributed by atoms with Crippen LogP contribution in [0.1, 0.15) is 32.1 Å². The van der Waals surface area contributed by atoms with Gasteiger partial charge in [0, 0.05) is 6.54 Å². The number of primary amides is 1. The van der Waals surface area contributed by atoms with Gasteiger partial charge in [-0.1, -0.05) is 6.42 Å². The molecule has 1 aliphatic carbocycles. The van der Waals surface area contributed by atoms with E-state index in [4.69, 9.17) is 10.8 Å². The molecule has 1 saturated carbocycles. The summed E-state index contributed by atoms with van der Waals surface area (Å²) >= 11 is 0. The van der Waals surface area contributed by atoms with Gasteiger partial charge >= 0.3 is 5.97 Å². The lowest BCUT2D eigenvalue weighted by Crippen LogP contribution is -2.47. The Morgan fingerprint density at radius 1 is 1.06 bits per heavy atom. The first kappa shape index (κ1) is 12.9. The van der Waals surface area contributed by atoms with Gasteiger partial charge in [-0.05, 0) is 25.7 Å². The molecule has 3 N–H and O–H groups in total. The molecule has 6 nitrogen and oxygen atoms in total. The maximum Gasteiger partial charge on any atom is 0.307 e. The topological polar surface area (TPSA) is 101 Å². The van der Waals surface area contributed by atoms with Crippen molar-refractivity contribution < 1.29 is 19.5 Å². The van der Waals surface area contributed by atoms with Crippen LogP contribution in [0.4, 0.5) is 0 Å². The summed E-state index contributed by atoms with van der Waals surface area (Å²) in [5.41, 5.74) is 5.27. The van der Waals surface area contributed by atoms with Crippen LogP contribution in [-0.2, 0) is 14.4 Å². The van der Waals surface area contributed by atoms with Gasteiger partial charge in [-0.2, -0.15) is 0 Å². The predicted octanol–water partition coefficient (Wildman–Crippen LogP) is -0.0364. The van der Waals surface area contributed by atoms with Gasteiger partial charge in [-0.25, -0.2) is 0 Å². The molecule has 18 heavy (non-hydrogen) atoms. The fourth-order valence-electron chi connectivity index (χ4n) is 3.09. The number of nitrogens with zero attached hydrogens (tertiary/aromatic N) is 1. The number of rotatable bonds is 3. The number of likely N-dealkylation sites (tertiary alicyclic amines) is 1. The molecule has 0 spiro atoms. The largest absolute Gasteiger partial charge is 0.481 e. The van der Waals surface area contributed by atoms with E-state index in [1.54, 1.807) is 0 Å². The molecule has 0 aromatic heterocycles. The van der Waals surface area contributed by atoms with Crippen molar-refractivity contribution in [1.82, 2.24) is 4.90 Å². The van der Waals surface area contributed by atoms with Gasteiger partial charge < -0.3 is 15.7 Å². The number of carboxylic acids is 1. The number of carbonyl (C=O) groups is 3. The number of hydrogen-bond donors (Lipinski definition) is 2. The van der Waals surface area contributed by atoms with E-state index in [0.29, 0.717) is 25.8 Å². The minimum atomic E-state index is -0.916. The van der Waals surface area contributed by atoms with E-state index in [9.17, 15) is 14.4 Å². The number of nitrogens with two attached hydrogens (primary N) is 1. The van der Waals surface area contributed by atoms with Crippen LogP contribution in [0.5, 0.6) is 0 Å². The first-order chi connectivity index (χ1) is 8.52. The van der Waals surface area contributed by atoms with Gasteiger partial charge in [0.15, 0.2) is 0 Å². The maximum absolute atomic E-state index is 12.3. The zero-order valence-corrected chi connectivity index (χ0v) is 10.2. The second kappa shape index (κ2) is 4.96. The number of aliphatic carboxylic acids is 1. The van der Waals surface area contributed by atoms with E-state index >= 15 is 0 Å². The van der Waals surface area contributed by atoms with E-state index in [2.05, 4.69) is 0 Å². The average molecular weight is 254 g/mol. The fourth-order valence-corrected chi connectivity index (χ4v) is 3.09. The summed E-state index contributed by atoms with van der Waals surface area (Å²) in [4.78, 5) is 36.2. The molecule has 6 heteroatoms. The van der Waals surface area contributed by atoms with Crippen LogP contribution in [0.15, 0.2) is 0 Å². The molecule has 0 bridgehead atoms. The van der Waals surface area contributed by atoms with Crippen molar-refractivity contribution in [2.75, 3.05) is 6.54 Å². The summed E-state index contributed by atoms with van der Waals surface area (Å²) < 4.78 is 0. The van der Waals surface area contributed by atoms with Crippen molar-refractivity contribution in [3.63, 3.8) is 0 Å². The van der Waals surface area contributed by atoms with Crippen LogP contribution in [0.3, 0.4) is 0 Å². The molecule has 0 radical (unpaired) electrons. The van der Waals surface area contributed by atoms with E-state index in [1.807, 2.05) is 0 Å². The number of carbonyl (C=O) groups excluding carboxylic acids is 2. The molecule has 1 saturated heterocycles. The lowest BCUT2D eigenvalue weighted by molar-refractivity contribution is -0.150. The van der Waals surface area contributed by atoms with Crippen molar-refractivity contribution in [2.24, 2.45) is 17.6 Å². The van der Waals surface area contributed by atoms with E-state index in [0.717, 1.165) is 12.8 Å². The highest BCUT2D eigenvalue weighted by Crippen LogP contribution is 2.35. The summed E-state index contributed by atoms with van der Waals surface area (Å²) in [5, 5.41) is 9.09. The summed E-state index contributed by atoms with van der Waals surface area (Å²) in [6, 6.07) is -0.549. The van der Waals surface area contributed by atoms with Crippen molar-refractivity contribution >= 4 is 17.8 Å². The molecule has 3 atom stereocenters. The summed E-state index contributed by atoms with van der Waals surface area (Å²) in [5.74, 6) is -2.71. The smallest absolute Gasteiger partial charge is 0.307 e. The molecular formula is C12H18N2O4. The van der Waals surface area contributed by atoms with Gasteiger partial charge in [0.1, 0.15) is 6.04 Å². The third-order valence-electron chi connectivity index (χ3n) is 4.01. The van der Waals surface area contributed by atoms with Gasteiger partial charge in [-0.15, -0.1) is 0 Å². The van der Waals surface area contributed by atoms with Crippen molar-refractivity contribution in [2.45, 2.75) is 38.1 Å². The Labute approximate surface area is 105 Å². The third-order valence-corrected chi connectivity index (χ3v) is 4.01.